The lowest BCUT2D eigenvalue weighted by Crippen LogP contribution is -2.13. The molecule has 0 saturated carbocycles. The Morgan fingerprint density at radius 2 is 1.87 bits per heavy atom. The minimum atomic E-state index is -0.486. The van der Waals surface area contributed by atoms with Crippen LogP contribution in [0.15, 0.2) is 36.4 Å². The minimum Gasteiger partial charge on any atom is -0.507 e. The molecule has 0 aliphatic heterocycles. The smallest absolute Gasteiger partial charge is 0.259 e. The number of nitrogens with one attached hydrogen (secondary N) is 1. The van der Waals surface area contributed by atoms with Gasteiger partial charge in [0.2, 0.25) is 0 Å². The first-order valence-electron chi connectivity index (χ1n) is 7.24. The second-order valence-electron chi connectivity index (χ2n) is 4.64. The molecule has 0 fully saturated rings. The van der Waals surface area contributed by atoms with E-state index >= 15 is 0 Å². The quantitative estimate of drug-likeness (QED) is 0.834. The lowest BCUT2D eigenvalue weighted by Gasteiger charge is -2.14. The molecule has 0 unspecified atom stereocenters. The number of rotatable bonds is 6. The molecule has 0 aromatic heterocycles. The van der Waals surface area contributed by atoms with E-state index in [1.807, 2.05) is 13.8 Å². The van der Waals surface area contributed by atoms with E-state index in [-0.39, 0.29) is 11.3 Å². The maximum absolute atomic E-state index is 12.4. The van der Waals surface area contributed by atoms with Crippen LogP contribution in [-0.2, 0) is 0 Å². The fourth-order valence-corrected chi connectivity index (χ4v) is 2.20. The maximum Gasteiger partial charge on any atom is 0.259 e. The molecule has 5 nitrogen and oxygen atoms in total. The van der Waals surface area contributed by atoms with Crippen molar-refractivity contribution in [1.29, 1.82) is 0 Å². The molecule has 0 aliphatic rings. The molecule has 6 heteroatoms. The standard InChI is InChI=1S/C17H18ClNO4/c1-3-22-12-6-8-16(23-4-2)14(10-12)19-17(21)13-9-11(18)5-7-15(13)20/h5-10,20H,3-4H2,1-2H3,(H,19,21). The van der Waals surface area contributed by atoms with Gasteiger partial charge in [0, 0.05) is 11.1 Å². The largest absolute Gasteiger partial charge is 0.507 e. The maximum atomic E-state index is 12.4. The topological polar surface area (TPSA) is 67.8 Å². The zero-order valence-electron chi connectivity index (χ0n) is 12.9. The Morgan fingerprint density at radius 3 is 2.57 bits per heavy atom. The summed E-state index contributed by atoms with van der Waals surface area (Å²) < 4.78 is 10.9. The molecular formula is C17H18ClNO4. The van der Waals surface area contributed by atoms with E-state index in [2.05, 4.69) is 5.32 Å². The van der Waals surface area contributed by atoms with Gasteiger partial charge in [-0.1, -0.05) is 11.6 Å². The van der Waals surface area contributed by atoms with E-state index in [4.69, 9.17) is 21.1 Å². The third-order valence-electron chi connectivity index (χ3n) is 3.01. The zero-order chi connectivity index (χ0) is 16.8. The molecular weight excluding hydrogens is 318 g/mol. The molecule has 23 heavy (non-hydrogen) atoms. The Balaban J connectivity index is 2.31. The van der Waals surface area contributed by atoms with Crippen molar-refractivity contribution in [2.24, 2.45) is 0 Å². The number of benzene rings is 2. The van der Waals surface area contributed by atoms with Crippen molar-refractivity contribution < 1.29 is 19.4 Å². The van der Waals surface area contributed by atoms with Gasteiger partial charge in [-0.25, -0.2) is 0 Å². The third-order valence-corrected chi connectivity index (χ3v) is 3.25. The van der Waals surface area contributed by atoms with Gasteiger partial charge in [0.1, 0.15) is 17.2 Å². The van der Waals surface area contributed by atoms with Crippen molar-refractivity contribution in [3.8, 4) is 17.2 Å². The number of amides is 1. The van der Waals surface area contributed by atoms with Gasteiger partial charge in [-0.3, -0.25) is 4.79 Å². The molecule has 122 valence electrons. The summed E-state index contributed by atoms with van der Waals surface area (Å²) in [6.07, 6.45) is 0. The third kappa shape index (κ3) is 4.29. The molecule has 2 aromatic carbocycles. The summed E-state index contributed by atoms with van der Waals surface area (Å²) in [5, 5.41) is 12.9. The normalized spacial score (nSPS) is 10.2. The van der Waals surface area contributed by atoms with E-state index in [1.54, 1.807) is 18.2 Å². The number of phenols is 1. The van der Waals surface area contributed by atoms with Crippen LogP contribution in [0.3, 0.4) is 0 Å². The van der Waals surface area contributed by atoms with Gasteiger partial charge < -0.3 is 19.9 Å². The lowest BCUT2D eigenvalue weighted by molar-refractivity contribution is 0.102. The number of hydrogen-bond donors (Lipinski definition) is 2. The number of hydrogen-bond acceptors (Lipinski definition) is 4. The minimum absolute atomic E-state index is 0.0850. The van der Waals surface area contributed by atoms with Crippen LogP contribution in [0.2, 0.25) is 5.02 Å². The Hall–Kier alpha value is -2.40. The van der Waals surface area contributed by atoms with E-state index < -0.39 is 5.91 Å². The molecule has 0 saturated heterocycles. The molecule has 2 aromatic rings. The highest BCUT2D eigenvalue weighted by Gasteiger charge is 2.15. The highest BCUT2D eigenvalue weighted by atomic mass is 35.5. The van der Waals surface area contributed by atoms with Crippen LogP contribution in [0, 0.1) is 0 Å². The van der Waals surface area contributed by atoms with Gasteiger partial charge >= 0.3 is 0 Å². The first-order valence-corrected chi connectivity index (χ1v) is 7.62. The van der Waals surface area contributed by atoms with Gasteiger partial charge in [0.25, 0.3) is 5.91 Å². The van der Waals surface area contributed by atoms with Crippen molar-refractivity contribution in [1.82, 2.24) is 0 Å². The van der Waals surface area contributed by atoms with Crippen LogP contribution in [-0.4, -0.2) is 24.2 Å². The SMILES string of the molecule is CCOc1ccc(OCC)c(NC(=O)c2cc(Cl)ccc2O)c1. The Labute approximate surface area is 139 Å². The molecule has 0 heterocycles. The summed E-state index contributed by atoms with van der Waals surface area (Å²) in [6, 6.07) is 9.45. The van der Waals surface area contributed by atoms with Crippen LogP contribution in [0.5, 0.6) is 17.2 Å². The number of carbonyl (C=O) groups excluding carboxylic acids is 1. The average Bonchev–Trinajstić information content (AvgIpc) is 2.52. The highest BCUT2D eigenvalue weighted by Crippen LogP contribution is 2.31. The van der Waals surface area contributed by atoms with Crippen LogP contribution < -0.4 is 14.8 Å². The summed E-state index contributed by atoms with van der Waals surface area (Å²) >= 11 is 5.88. The van der Waals surface area contributed by atoms with Crippen LogP contribution in [0.4, 0.5) is 5.69 Å². The monoisotopic (exact) mass is 335 g/mol. The summed E-state index contributed by atoms with van der Waals surface area (Å²) in [4.78, 5) is 12.4. The second-order valence-corrected chi connectivity index (χ2v) is 5.08. The Kier molecular flexibility index (Phi) is 5.71. The summed E-state index contributed by atoms with van der Waals surface area (Å²) in [5.74, 6) is 0.498. The fourth-order valence-electron chi connectivity index (χ4n) is 2.02. The molecule has 2 N–H and O–H groups in total. The number of aromatic hydroxyl groups is 1. The van der Waals surface area contributed by atoms with Crippen LogP contribution in [0.25, 0.3) is 0 Å². The van der Waals surface area contributed by atoms with Crippen molar-refractivity contribution in [3.63, 3.8) is 0 Å². The Morgan fingerprint density at radius 1 is 1.13 bits per heavy atom. The summed E-state index contributed by atoms with van der Waals surface area (Å²) in [7, 11) is 0. The molecule has 0 bridgehead atoms. The Bertz CT molecular complexity index is 703. The van der Waals surface area contributed by atoms with Crippen molar-refractivity contribution in [3.05, 3.63) is 47.0 Å². The summed E-state index contributed by atoms with van der Waals surface area (Å²) in [5.41, 5.74) is 0.545. The van der Waals surface area contributed by atoms with Gasteiger partial charge in [0.05, 0.1) is 24.5 Å². The highest BCUT2D eigenvalue weighted by molar-refractivity contribution is 6.31. The van der Waals surface area contributed by atoms with Crippen LogP contribution in [0.1, 0.15) is 24.2 Å². The van der Waals surface area contributed by atoms with Gasteiger partial charge in [-0.2, -0.15) is 0 Å². The molecule has 2 rings (SSSR count). The molecule has 0 aliphatic carbocycles. The second kappa shape index (κ2) is 7.74. The van der Waals surface area contributed by atoms with E-state index in [0.29, 0.717) is 35.4 Å². The lowest BCUT2D eigenvalue weighted by atomic mass is 10.1. The number of halogens is 1. The fraction of sp³-hybridized carbons (Fsp3) is 0.235. The van der Waals surface area contributed by atoms with E-state index in [1.165, 1.54) is 18.2 Å². The van der Waals surface area contributed by atoms with Gasteiger partial charge in [0.15, 0.2) is 0 Å². The van der Waals surface area contributed by atoms with Crippen LogP contribution >= 0.6 is 11.6 Å². The average molecular weight is 336 g/mol. The molecule has 0 atom stereocenters. The number of carbonyl (C=O) groups is 1. The predicted octanol–water partition coefficient (Wildman–Crippen LogP) is 4.10. The molecule has 1 amide bonds. The summed E-state index contributed by atoms with van der Waals surface area (Å²) in [6.45, 7) is 4.69. The van der Waals surface area contributed by atoms with Crippen molar-refractivity contribution >= 4 is 23.2 Å². The number of anilines is 1. The first-order chi connectivity index (χ1) is 11.0. The van der Waals surface area contributed by atoms with Gasteiger partial charge in [-0.05, 0) is 44.2 Å². The van der Waals surface area contributed by atoms with Crippen molar-refractivity contribution in [2.45, 2.75) is 13.8 Å². The van der Waals surface area contributed by atoms with Gasteiger partial charge in [-0.15, -0.1) is 0 Å². The zero-order valence-corrected chi connectivity index (χ0v) is 13.7. The predicted molar refractivity (Wildman–Crippen MR) is 89.9 cm³/mol. The number of ether oxygens (including phenoxy) is 2. The van der Waals surface area contributed by atoms with E-state index in [0.717, 1.165) is 0 Å². The molecule has 0 radical (unpaired) electrons. The van der Waals surface area contributed by atoms with E-state index in [9.17, 15) is 9.90 Å². The number of phenolic OH excluding ortho intramolecular Hbond substituents is 1. The van der Waals surface area contributed by atoms with Crippen molar-refractivity contribution in [2.75, 3.05) is 18.5 Å². The first kappa shape index (κ1) is 17.0. The molecule has 0 spiro atoms.